The zero-order chi connectivity index (χ0) is 15.8. The van der Waals surface area contributed by atoms with E-state index >= 15 is 0 Å². The normalized spacial score (nSPS) is 13.9. The van der Waals surface area contributed by atoms with Crippen LogP contribution in [0.2, 0.25) is 0 Å². The summed E-state index contributed by atoms with van der Waals surface area (Å²) in [6, 6.07) is 6.53. The smallest absolute Gasteiger partial charge is 0.165 e. The highest BCUT2D eigenvalue weighted by Crippen LogP contribution is 2.38. The van der Waals surface area contributed by atoms with Crippen molar-refractivity contribution in [3.05, 3.63) is 64.5 Å². The number of hydrogen-bond acceptors (Lipinski definition) is 2. The van der Waals surface area contributed by atoms with Gasteiger partial charge in [-0.05, 0) is 31.5 Å². The third-order valence-electron chi connectivity index (χ3n) is 3.48. The van der Waals surface area contributed by atoms with Gasteiger partial charge < -0.3 is 9.84 Å². The van der Waals surface area contributed by atoms with Gasteiger partial charge in [-0.2, -0.15) is 0 Å². The topological polar surface area (TPSA) is 29.5 Å². The second kappa shape index (κ2) is 5.41. The Balaban J connectivity index is 2.71. The maximum absolute atomic E-state index is 14.1. The molecule has 0 fully saturated rings. The third kappa shape index (κ3) is 2.49. The highest BCUT2D eigenvalue weighted by molar-refractivity contribution is 5.46. The molecule has 112 valence electrons. The van der Waals surface area contributed by atoms with Crippen molar-refractivity contribution in [2.75, 3.05) is 7.11 Å². The molecule has 2 aromatic rings. The van der Waals surface area contributed by atoms with Gasteiger partial charge in [0, 0.05) is 5.56 Å². The molecule has 0 saturated carbocycles. The van der Waals surface area contributed by atoms with Crippen LogP contribution in [0, 0.1) is 24.4 Å². The Bertz CT molecular complexity index is 681. The van der Waals surface area contributed by atoms with Crippen molar-refractivity contribution in [2.45, 2.75) is 19.4 Å². The maximum atomic E-state index is 14.1. The van der Waals surface area contributed by atoms with Gasteiger partial charge in [0.25, 0.3) is 0 Å². The van der Waals surface area contributed by atoms with Crippen molar-refractivity contribution >= 4 is 0 Å². The summed E-state index contributed by atoms with van der Waals surface area (Å²) in [6.45, 7) is 2.60. The lowest BCUT2D eigenvalue weighted by atomic mass is 9.86. The van der Waals surface area contributed by atoms with Crippen LogP contribution in [0.1, 0.15) is 23.6 Å². The van der Waals surface area contributed by atoms with Crippen molar-refractivity contribution in [2.24, 2.45) is 0 Å². The zero-order valence-electron chi connectivity index (χ0n) is 11.9. The van der Waals surface area contributed by atoms with Gasteiger partial charge in [-0.15, -0.1) is 0 Å². The summed E-state index contributed by atoms with van der Waals surface area (Å²) in [6.07, 6.45) is 0. The van der Waals surface area contributed by atoms with E-state index < -0.39 is 23.1 Å². The van der Waals surface area contributed by atoms with Gasteiger partial charge in [0.1, 0.15) is 17.2 Å². The monoisotopic (exact) mass is 296 g/mol. The highest BCUT2D eigenvalue weighted by atomic mass is 19.2. The first-order chi connectivity index (χ1) is 9.80. The summed E-state index contributed by atoms with van der Waals surface area (Å²) in [7, 11) is 1.31. The van der Waals surface area contributed by atoms with Crippen LogP contribution in [0.15, 0.2) is 30.3 Å². The fourth-order valence-electron chi connectivity index (χ4n) is 2.30. The second-order valence-corrected chi connectivity index (χ2v) is 4.95. The van der Waals surface area contributed by atoms with Gasteiger partial charge in [-0.1, -0.05) is 18.2 Å². The van der Waals surface area contributed by atoms with Crippen LogP contribution in [0.4, 0.5) is 13.2 Å². The number of aliphatic hydroxyl groups is 1. The molecule has 5 heteroatoms. The summed E-state index contributed by atoms with van der Waals surface area (Å²) in [5, 5.41) is 10.6. The zero-order valence-corrected chi connectivity index (χ0v) is 11.9. The minimum Gasteiger partial charge on any atom is -0.496 e. The first-order valence-corrected chi connectivity index (χ1v) is 6.31. The van der Waals surface area contributed by atoms with E-state index in [2.05, 4.69) is 0 Å². The number of halogens is 3. The average Bonchev–Trinajstić information content (AvgIpc) is 2.43. The van der Waals surface area contributed by atoms with Crippen LogP contribution in [0.3, 0.4) is 0 Å². The second-order valence-electron chi connectivity index (χ2n) is 4.95. The first-order valence-electron chi connectivity index (χ1n) is 6.31. The molecule has 21 heavy (non-hydrogen) atoms. The predicted molar refractivity (Wildman–Crippen MR) is 72.7 cm³/mol. The molecule has 0 radical (unpaired) electrons. The molecule has 0 aromatic heterocycles. The van der Waals surface area contributed by atoms with Crippen molar-refractivity contribution in [3.63, 3.8) is 0 Å². The summed E-state index contributed by atoms with van der Waals surface area (Å²) in [4.78, 5) is 0. The molecule has 0 aliphatic carbocycles. The lowest BCUT2D eigenvalue weighted by molar-refractivity contribution is 0.0895. The van der Waals surface area contributed by atoms with E-state index in [1.54, 1.807) is 0 Å². The Labute approximate surface area is 120 Å². The summed E-state index contributed by atoms with van der Waals surface area (Å²) < 4.78 is 46.9. The number of aryl methyl sites for hydroxylation is 1. The molecule has 2 aromatic carbocycles. The van der Waals surface area contributed by atoms with Crippen LogP contribution in [-0.2, 0) is 5.60 Å². The van der Waals surface area contributed by atoms with E-state index in [9.17, 15) is 18.3 Å². The minimum atomic E-state index is -2.07. The summed E-state index contributed by atoms with van der Waals surface area (Å²) in [5.41, 5.74) is -2.56. The van der Waals surface area contributed by atoms with Crippen LogP contribution < -0.4 is 4.74 Å². The van der Waals surface area contributed by atoms with Gasteiger partial charge >= 0.3 is 0 Å². The van der Waals surface area contributed by atoms with Crippen molar-refractivity contribution in [1.29, 1.82) is 0 Å². The van der Waals surface area contributed by atoms with Gasteiger partial charge in [-0.3, -0.25) is 0 Å². The molecule has 0 bridgehead atoms. The van der Waals surface area contributed by atoms with Crippen LogP contribution >= 0.6 is 0 Å². The molecule has 0 aliphatic heterocycles. The van der Waals surface area contributed by atoms with Crippen LogP contribution in [0.5, 0.6) is 5.75 Å². The van der Waals surface area contributed by atoms with Crippen LogP contribution in [-0.4, -0.2) is 12.2 Å². The summed E-state index contributed by atoms with van der Waals surface area (Å²) >= 11 is 0. The highest BCUT2D eigenvalue weighted by Gasteiger charge is 2.35. The van der Waals surface area contributed by atoms with E-state index in [0.29, 0.717) is 0 Å². The molecule has 1 unspecified atom stereocenters. The minimum absolute atomic E-state index is 0.0559. The molecule has 1 N–H and O–H groups in total. The van der Waals surface area contributed by atoms with E-state index in [0.717, 1.165) is 6.07 Å². The van der Waals surface area contributed by atoms with Crippen molar-refractivity contribution in [3.8, 4) is 5.75 Å². The molecule has 2 nitrogen and oxygen atoms in total. The Kier molecular flexibility index (Phi) is 3.96. The lowest BCUT2D eigenvalue weighted by Crippen LogP contribution is -2.27. The maximum Gasteiger partial charge on any atom is 0.165 e. The Hall–Kier alpha value is -2.01. The van der Waals surface area contributed by atoms with E-state index in [-0.39, 0.29) is 22.4 Å². The molecule has 0 spiro atoms. The molecule has 0 aliphatic rings. The van der Waals surface area contributed by atoms with E-state index in [1.165, 1.54) is 45.2 Å². The molecular weight excluding hydrogens is 281 g/mol. The van der Waals surface area contributed by atoms with Gasteiger partial charge in [0.05, 0.1) is 12.7 Å². The molecule has 0 amide bonds. The van der Waals surface area contributed by atoms with E-state index in [4.69, 9.17) is 4.74 Å². The van der Waals surface area contributed by atoms with Gasteiger partial charge in [-0.25, -0.2) is 13.2 Å². The first kappa shape index (κ1) is 15.4. The Morgan fingerprint density at radius 1 is 1.05 bits per heavy atom. The fraction of sp³-hybridized carbons (Fsp3) is 0.250. The Morgan fingerprint density at radius 3 is 2.33 bits per heavy atom. The van der Waals surface area contributed by atoms with Crippen LogP contribution in [0.25, 0.3) is 0 Å². The number of ether oxygens (including phenoxy) is 1. The fourth-order valence-corrected chi connectivity index (χ4v) is 2.30. The van der Waals surface area contributed by atoms with Crippen molar-refractivity contribution < 1.29 is 23.0 Å². The number of rotatable bonds is 3. The molecule has 1 atom stereocenters. The van der Waals surface area contributed by atoms with Gasteiger partial charge in [0.2, 0.25) is 0 Å². The molecular formula is C16H15F3O2. The quantitative estimate of drug-likeness (QED) is 0.936. The van der Waals surface area contributed by atoms with E-state index in [1.807, 2.05) is 0 Å². The SMILES string of the molecule is COc1cccc(F)c1C(C)(O)c1ccc(C)c(F)c1F. The molecule has 0 saturated heterocycles. The largest absolute Gasteiger partial charge is 0.496 e. The number of hydrogen-bond donors (Lipinski definition) is 1. The Morgan fingerprint density at radius 2 is 1.71 bits per heavy atom. The summed E-state index contributed by atoms with van der Waals surface area (Å²) in [5.74, 6) is -2.98. The molecule has 2 rings (SSSR count). The lowest BCUT2D eigenvalue weighted by Gasteiger charge is -2.27. The van der Waals surface area contributed by atoms with Crippen molar-refractivity contribution in [1.82, 2.24) is 0 Å². The standard InChI is InChI=1S/C16H15F3O2/c1-9-7-8-10(15(19)14(9)18)16(2,20)13-11(17)5-4-6-12(13)21-3/h4-8,20H,1-3H3. The average molecular weight is 296 g/mol. The number of benzene rings is 2. The number of methoxy groups -OCH3 is 1. The third-order valence-corrected chi connectivity index (χ3v) is 3.48. The molecule has 0 heterocycles. The predicted octanol–water partition coefficient (Wildman–Crippen LogP) is 3.68. The van der Waals surface area contributed by atoms with Gasteiger partial charge in [0.15, 0.2) is 11.6 Å².